The number of anilines is 1. The highest BCUT2D eigenvalue weighted by atomic mass is 16.4. The second-order valence-corrected chi connectivity index (χ2v) is 3.56. The van der Waals surface area contributed by atoms with Gasteiger partial charge in [-0.15, -0.1) is 0 Å². The summed E-state index contributed by atoms with van der Waals surface area (Å²) >= 11 is 0. The summed E-state index contributed by atoms with van der Waals surface area (Å²) in [4.78, 5) is 26.4. The topological polar surface area (TPSA) is 97.1 Å². The summed E-state index contributed by atoms with van der Waals surface area (Å²) in [5, 5.41) is 15.2. The van der Waals surface area contributed by atoms with Crippen molar-refractivity contribution in [3.05, 3.63) is 41.9 Å². The number of amides is 1. The van der Waals surface area contributed by atoms with Gasteiger partial charge in [0.2, 0.25) is 0 Å². The zero-order valence-electron chi connectivity index (χ0n) is 9.49. The fourth-order valence-electron chi connectivity index (χ4n) is 1.35. The number of nitrogens with one attached hydrogen (secondary N) is 1. The van der Waals surface area contributed by atoms with E-state index in [9.17, 15) is 9.59 Å². The van der Waals surface area contributed by atoms with E-state index in [-0.39, 0.29) is 17.1 Å². The first kappa shape index (κ1) is 11.8. The number of carboxylic acid groups (broad SMARTS) is 1. The van der Waals surface area contributed by atoms with Crippen molar-refractivity contribution in [2.24, 2.45) is 7.05 Å². The van der Waals surface area contributed by atoms with Crippen LogP contribution in [-0.2, 0) is 7.05 Å². The number of aromatic carboxylic acids is 1. The molecule has 0 fully saturated rings. The van der Waals surface area contributed by atoms with E-state index < -0.39 is 11.9 Å². The molecule has 0 spiro atoms. The highest BCUT2D eigenvalue weighted by molar-refractivity contribution is 6.02. The first-order chi connectivity index (χ1) is 8.56. The van der Waals surface area contributed by atoms with Gasteiger partial charge in [-0.25, -0.2) is 9.78 Å². The standard InChI is InChI=1S/C11H10N4O3/c1-15-5-3-8(14-15)10(16)13-9-6-7(11(17)18)2-4-12-9/h2-6H,1H3,(H,17,18)(H,12,13,16). The lowest BCUT2D eigenvalue weighted by atomic mass is 10.2. The van der Waals surface area contributed by atoms with Gasteiger partial charge in [-0.05, 0) is 18.2 Å². The molecule has 0 saturated carbocycles. The largest absolute Gasteiger partial charge is 0.478 e. The third-order valence-corrected chi connectivity index (χ3v) is 2.19. The van der Waals surface area contributed by atoms with Crippen molar-refractivity contribution in [1.29, 1.82) is 0 Å². The molecule has 1 amide bonds. The maximum atomic E-state index is 11.7. The minimum absolute atomic E-state index is 0.0568. The van der Waals surface area contributed by atoms with E-state index in [2.05, 4.69) is 15.4 Å². The number of hydrogen-bond donors (Lipinski definition) is 2. The Hall–Kier alpha value is -2.70. The number of aryl methyl sites for hydroxylation is 1. The van der Waals surface area contributed by atoms with Crippen molar-refractivity contribution in [2.75, 3.05) is 5.32 Å². The van der Waals surface area contributed by atoms with Gasteiger partial charge in [-0.2, -0.15) is 5.10 Å². The van der Waals surface area contributed by atoms with E-state index in [0.29, 0.717) is 0 Å². The third-order valence-electron chi connectivity index (χ3n) is 2.19. The number of carboxylic acids is 1. The molecule has 7 heteroatoms. The number of pyridine rings is 1. The molecule has 0 saturated heterocycles. The van der Waals surface area contributed by atoms with E-state index in [1.54, 1.807) is 19.3 Å². The van der Waals surface area contributed by atoms with Crippen molar-refractivity contribution < 1.29 is 14.7 Å². The zero-order chi connectivity index (χ0) is 13.1. The maximum absolute atomic E-state index is 11.7. The van der Waals surface area contributed by atoms with E-state index in [1.165, 1.54) is 23.0 Å². The van der Waals surface area contributed by atoms with E-state index in [0.717, 1.165) is 0 Å². The Balaban J connectivity index is 2.16. The van der Waals surface area contributed by atoms with Crippen LogP contribution in [0.1, 0.15) is 20.8 Å². The van der Waals surface area contributed by atoms with Crippen LogP contribution in [0, 0.1) is 0 Å². The van der Waals surface area contributed by atoms with Crippen LogP contribution in [-0.4, -0.2) is 31.7 Å². The Bertz CT molecular complexity index is 606. The Morgan fingerprint density at radius 3 is 2.78 bits per heavy atom. The van der Waals surface area contributed by atoms with E-state index in [4.69, 9.17) is 5.11 Å². The van der Waals surface area contributed by atoms with Crippen molar-refractivity contribution >= 4 is 17.7 Å². The van der Waals surface area contributed by atoms with Crippen molar-refractivity contribution in [3.63, 3.8) is 0 Å². The van der Waals surface area contributed by atoms with Gasteiger partial charge in [0, 0.05) is 19.4 Å². The zero-order valence-corrected chi connectivity index (χ0v) is 9.49. The second kappa shape index (κ2) is 4.66. The van der Waals surface area contributed by atoms with Gasteiger partial charge in [-0.3, -0.25) is 9.48 Å². The van der Waals surface area contributed by atoms with Crippen LogP contribution in [0.2, 0.25) is 0 Å². The predicted octanol–water partition coefficient (Wildman–Crippen LogP) is 0.766. The molecule has 7 nitrogen and oxygen atoms in total. The molecule has 2 N–H and O–H groups in total. The van der Waals surface area contributed by atoms with Crippen LogP contribution in [0.3, 0.4) is 0 Å². The molecule has 2 aromatic rings. The van der Waals surface area contributed by atoms with Crippen molar-refractivity contribution in [2.45, 2.75) is 0 Å². The van der Waals surface area contributed by atoms with Crippen molar-refractivity contribution in [1.82, 2.24) is 14.8 Å². The van der Waals surface area contributed by atoms with Crippen LogP contribution in [0.5, 0.6) is 0 Å². The Morgan fingerprint density at radius 1 is 1.39 bits per heavy atom. The van der Waals surface area contributed by atoms with Gasteiger partial charge in [0.15, 0.2) is 5.69 Å². The van der Waals surface area contributed by atoms with E-state index >= 15 is 0 Å². The van der Waals surface area contributed by atoms with Gasteiger partial charge < -0.3 is 10.4 Å². The molecule has 18 heavy (non-hydrogen) atoms. The molecule has 0 aliphatic heterocycles. The summed E-state index contributed by atoms with van der Waals surface area (Å²) in [6, 6.07) is 4.18. The minimum Gasteiger partial charge on any atom is -0.478 e. The molecule has 0 unspecified atom stereocenters. The molecular weight excluding hydrogens is 236 g/mol. The smallest absolute Gasteiger partial charge is 0.335 e. The molecule has 0 bridgehead atoms. The molecule has 2 rings (SSSR count). The molecule has 0 aliphatic rings. The fourth-order valence-corrected chi connectivity index (χ4v) is 1.35. The summed E-state index contributed by atoms with van der Waals surface area (Å²) in [7, 11) is 1.69. The fraction of sp³-hybridized carbons (Fsp3) is 0.0909. The van der Waals surface area contributed by atoms with Crippen LogP contribution in [0.15, 0.2) is 30.6 Å². The lowest BCUT2D eigenvalue weighted by Gasteiger charge is -2.02. The summed E-state index contributed by atoms with van der Waals surface area (Å²) in [5.74, 6) is -1.35. The number of aromatic nitrogens is 3. The summed E-state index contributed by atoms with van der Waals surface area (Å²) in [6.45, 7) is 0. The quantitative estimate of drug-likeness (QED) is 0.833. The molecule has 2 heterocycles. The average Bonchev–Trinajstić information content (AvgIpc) is 2.76. The number of carbonyl (C=O) groups is 2. The number of hydrogen-bond acceptors (Lipinski definition) is 4. The SMILES string of the molecule is Cn1ccc(C(=O)Nc2cc(C(=O)O)ccn2)n1. The molecule has 0 aliphatic carbocycles. The molecule has 0 aromatic carbocycles. The van der Waals surface area contributed by atoms with E-state index in [1.807, 2.05) is 0 Å². The number of nitrogens with zero attached hydrogens (tertiary/aromatic N) is 3. The lowest BCUT2D eigenvalue weighted by Crippen LogP contribution is -2.14. The van der Waals surface area contributed by atoms with Crippen molar-refractivity contribution in [3.8, 4) is 0 Å². The third kappa shape index (κ3) is 2.51. The van der Waals surface area contributed by atoms with Crippen LogP contribution in [0.4, 0.5) is 5.82 Å². The highest BCUT2D eigenvalue weighted by Gasteiger charge is 2.11. The van der Waals surface area contributed by atoms with Gasteiger partial charge in [0.25, 0.3) is 5.91 Å². The predicted molar refractivity (Wildman–Crippen MR) is 62.4 cm³/mol. The van der Waals surface area contributed by atoms with Gasteiger partial charge in [-0.1, -0.05) is 0 Å². The first-order valence-corrected chi connectivity index (χ1v) is 5.06. The van der Waals surface area contributed by atoms with Gasteiger partial charge >= 0.3 is 5.97 Å². The summed E-state index contributed by atoms with van der Waals surface area (Å²) in [5.41, 5.74) is 0.293. The first-order valence-electron chi connectivity index (χ1n) is 5.06. The number of carbonyl (C=O) groups excluding carboxylic acids is 1. The Kier molecular flexibility index (Phi) is 3.05. The molecule has 0 atom stereocenters. The Morgan fingerprint density at radius 2 is 2.17 bits per heavy atom. The van der Waals surface area contributed by atoms with Gasteiger partial charge in [0.05, 0.1) is 5.56 Å². The highest BCUT2D eigenvalue weighted by Crippen LogP contribution is 2.08. The van der Waals surface area contributed by atoms with Crippen LogP contribution >= 0.6 is 0 Å². The maximum Gasteiger partial charge on any atom is 0.335 e. The average molecular weight is 246 g/mol. The lowest BCUT2D eigenvalue weighted by molar-refractivity contribution is 0.0696. The second-order valence-electron chi connectivity index (χ2n) is 3.56. The Labute approximate surface area is 102 Å². The normalized spacial score (nSPS) is 10.1. The molecule has 2 aromatic heterocycles. The van der Waals surface area contributed by atoms with Crippen LogP contribution in [0.25, 0.3) is 0 Å². The summed E-state index contributed by atoms with van der Waals surface area (Å²) in [6.07, 6.45) is 2.95. The van der Waals surface area contributed by atoms with Gasteiger partial charge in [0.1, 0.15) is 5.82 Å². The number of rotatable bonds is 3. The summed E-state index contributed by atoms with van der Waals surface area (Å²) < 4.78 is 1.50. The molecular formula is C11H10N4O3. The molecule has 92 valence electrons. The molecule has 0 radical (unpaired) electrons. The van der Waals surface area contributed by atoms with Crippen LogP contribution < -0.4 is 5.32 Å². The minimum atomic E-state index is -1.08. The monoisotopic (exact) mass is 246 g/mol.